The van der Waals surface area contributed by atoms with Gasteiger partial charge in [0.2, 0.25) is 0 Å². The van der Waals surface area contributed by atoms with Gasteiger partial charge in [-0.25, -0.2) is 4.68 Å². The average molecular weight is 260 g/mol. The van der Waals surface area contributed by atoms with E-state index in [1.165, 1.54) is 0 Å². The first kappa shape index (κ1) is 12.7. The van der Waals surface area contributed by atoms with Gasteiger partial charge in [0.25, 0.3) is 0 Å². The minimum absolute atomic E-state index is 0.605. The standard InChI is InChI=1S/C14H14ClN3/c1-4-13-11(7-16)8-17-18(13)14-10(3)5-9(2)6-12(14)15/h5-6,8H,4H2,1-3H3. The lowest BCUT2D eigenvalue weighted by molar-refractivity contribution is 0.807. The minimum atomic E-state index is 0.605. The lowest BCUT2D eigenvalue weighted by Crippen LogP contribution is -2.05. The number of hydrogen-bond donors (Lipinski definition) is 0. The molecule has 0 atom stereocenters. The number of hydrogen-bond acceptors (Lipinski definition) is 2. The fourth-order valence-corrected chi connectivity index (χ4v) is 2.58. The van der Waals surface area contributed by atoms with Gasteiger partial charge in [-0.3, -0.25) is 0 Å². The van der Waals surface area contributed by atoms with Crippen molar-refractivity contribution in [3.8, 4) is 11.8 Å². The van der Waals surface area contributed by atoms with Crippen LogP contribution >= 0.6 is 11.6 Å². The van der Waals surface area contributed by atoms with Gasteiger partial charge in [0.1, 0.15) is 6.07 Å². The Bertz CT molecular complexity index is 612. The predicted octanol–water partition coefficient (Wildman–Crippen LogP) is 3.58. The molecule has 1 heterocycles. The Balaban J connectivity index is 2.70. The molecule has 0 amide bonds. The van der Waals surface area contributed by atoms with E-state index in [1.54, 1.807) is 10.9 Å². The highest BCUT2D eigenvalue weighted by Gasteiger charge is 2.15. The van der Waals surface area contributed by atoms with Gasteiger partial charge in [-0.1, -0.05) is 24.6 Å². The third-order valence-electron chi connectivity index (χ3n) is 2.93. The van der Waals surface area contributed by atoms with Crippen molar-refractivity contribution in [2.75, 3.05) is 0 Å². The monoisotopic (exact) mass is 259 g/mol. The van der Waals surface area contributed by atoms with E-state index >= 15 is 0 Å². The number of halogens is 1. The summed E-state index contributed by atoms with van der Waals surface area (Å²) in [5.41, 5.74) is 4.54. The van der Waals surface area contributed by atoms with Crippen LogP contribution in [-0.4, -0.2) is 9.78 Å². The Kier molecular flexibility index (Phi) is 3.40. The van der Waals surface area contributed by atoms with Crippen molar-refractivity contribution in [1.82, 2.24) is 9.78 Å². The molecule has 0 aliphatic rings. The van der Waals surface area contributed by atoms with Crippen LogP contribution in [0.3, 0.4) is 0 Å². The molecule has 0 fully saturated rings. The summed E-state index contributed by atoms with van der Waals surface area (Å²) in [6, 6.07) is 6.14. The largest absolute Gasteiger partial charge is 0.235 e. The molecule has 1 aromatic carbocycles. The number of benzene rings is 1. The lowest BCUT2D eigenvalue weighted by atomic mass is 10.1. The molecule has 0 saturated carbocycles. The van der Waals surface area contributed by atoms with Gasteiger partial charge >= 0.3 is 0 Å². The molecule has 3 nitrogen and oxygen atoms in total. The Morgan fingerprint density at radius 3 is 2.67 bits per heavy atom. The summed E-state index contributed by atoms with van der Waals surface area (Å²) in [7, 11) is 0. The number of nitriles is 1. The van der Waals surface area contributed by atoms with Gasteiger partial charge in [-0.15, -0.1) is 0 Å². The zero-order valence-corrected chi connectivity index (χ0v) is 11.4. The van der Waals surface area contributed by atoms with Crippen molar-refractivity contribution in [1.29, 1.82) is 5.26 Å². The van der Waals surface area contributed by atoms with Crippen LogP contribution in [0.25, 0.3) is 5.69 Å². The smallest absolute Gasteiger partial charge is 0.103 e. The van der Waals surface area contributed by atoms with Gasteiger partial charge in [-0.2, -0.15) is 10.4 Å². The maximum atomic E-state index is 9.06. The summed E-state index contributed by atoms with van der Waals surface area (Å²) in [5, 5.41) is 14.0. The van der Waals surface area contributed by atoms with E-state index in [0.717, 1.165) is 28.9 Å². The van der Waals surface area contributed by atoms with Crippen LogP contribution in [0.15, 0.2) is 18.3 Å². The first-order valence-corrected chi connectivity index (χ1v) is 6.20. The fourth-order valence-electron chi connectivity index (χ4n) is 2.18. The summed E-state index contributed by atoms with van der Waals surface area (Å²) in [5.74, 6) is 0. The van der Waals surface area contributed by atoms with Crippen molar-refractivity contribution in [2.24, 2.45) is 0 Å². The van der Waals surface area contributed by atoms with Crippen LogP contribution < -0.4 is 0 Å². The molecule has 4 heteroatoms. The highest BCUT2D eigenvalue weighted by atomic mass is 35.5. The SMILES string of the molecule is CCc1c(C#N)cnn1-c1c(C)cc(C)cc1Cl. The number of aryl methyl sites for hydroxylation is 2. The van der Waals surface area contributed by atoms with E-state index in [9.17, 15) is 0 Å². The molecular weight excluding hydrogens is 246 g/mol. The van der Waals surface area contributed by atoms with Crippen molar-refractivity contribution >= 4 is 11.6 Å². The van der Waals surface area contributed by atoms with Crippen LogP contribution in [0.2, 0.25) is 5.02 Å². The van der Waals surface area contributed by atoms with Gasteiger partial charge in [0.15, 0.2) is 0 Å². The summed E-state index contributed by atoms with van der Waals surface area (Å²) >= 11 is 6.31. The second kappa shape index (κ2) is 4.83. The van der Waals surface area contributed by atoms with Gasteiger partial charge < -0.3 is 0 Å². The topological polar surface area (TPSA) is 41.6 Å². The zero-order chi connectivity index (χ0) is 13.3. The number of nitrogens with zero attached hydrogens (tertiary/aromatic N) is 3. The lowest BCUT2D eigenvalue weighted by Gasteiger charge is -2.12. The second-order valence-electron chi connectivity index (χ2n) is 4.29. The normalized spacial score (nSPS) is 10.4. The Morgan fingerprint density at radius 2 is 2.11 bits per heavy atom. The Morgan fingerprint density at radius 1 is 1.39 bits per heavy atom. The van der Waals surface area contributed by atoms with Crippen LogP contribution in [0.4, 0.5) is 0 Å². The Labute approximate surface area is 112 Å². The number of rotatable bonds is 2. The molecule has 92 valence electrons. The molecule has 1 aromatic heterocycles. The van der Waals surface area contributed by atoms with E-state index in [1.807, 2.05) is 26.8 Å². The highest BCUT2D eigenvalue weighted by Crippen LogP contribution is 2.27. The van der Waals surface area contributed by atoms with E-state index in [4.69, 9.17) is 16.9 Å². The first-order valence-electron chi connectivity index (χ1n) is 5.82. The minimum Gasteiger partial charge on any atom is -0.235 e. The molecule has 0 radical (unpaired) electrons. The first-order chi connectivity index (χ1) is 8.58. The quantitative estimate of drug-likeness (QED) is 0.827. The van der Waals surface area contributed by atoms with Crippen molar-refractivity contribution in [3.63, 3.8) is 0 Å². The van der Waals surface area contributed by atoms with Gasteiger partial charge in [-0.05, 0) is 37.5 Å². The molecule has 0 spiro atoms. The molecule has 0 saturated heterocycles. The molecule has 0 aliphatic carbocycles. The molecule has 0 N–H and O–H groups in total. The molecule has 0 unspecified atom stereocenters. The molecule has 2 rings (SSSR count). The maximum Gasteiger partial charge on any atom is 0.103 e. The number of aromatic nitrogens is 2. The highest BCUT2D eigenvalue weighted by molar-refractivity contribution is 6.32. The average Bonchev–Trinajstić information content (AvgIpc) is 2.70. The van der Waals surface area contributed by atoms with Gasteiger partial charge in [0.05, 0.1) is 28.2 Å². The summed E-state index contributed by atoms with van der Waals surface area (Å²) in [4.78, 5) is 0. The summed E-state index contributed by atoms with van der Waals surface area (Å²) in [6.07, 6.45) is 2.33. The van der Waals surface area contributed by atoms with Crippen LogP contribution in [0.5, 0.6) is 0 Å². The van der Waals surface area contributed by atoms with E-state index in [0.29, 0.717) is 10.6 Å². The molecule has 0 bridgehead atoms. The van der Waals surface area contributed by atoms with Crippen molar-refractivity contribution < 1.29 is 0 Å². The van der Waals surface area contributed by atoms with Crippen LogP contribution in [0.1, 0.15) is 29.3 Å². The van der Waals surface area contributed by atoms with E-state index < -0.39 is 0 Å². The predicted molar refractivity (Wildman–Crippen MR) is 72.1 cm³/mol. The molecule has 2 aromatic rings. The van der Waals surface area contributed by atoms with Crippen LogP contribution in [-0.2, 0) is 6.42 Å². The summed E-state index contributed by atoms with van der Waals surface area (Å²) < 4.78 is 1.77. The zero-order valence-electron chi connectivity index (χ0n) is 10.7. The van der Waals surface area contributed by atoms with E-state index in [2.05, 4.69) is 17.2 Å². The molecule has 0 aliphatic heterocycles. The second-order valence-corrected chi connectivity index (χ2v) is 4.70. The summed E-state index contributed by atoms with van der Waals surface area (Å²) in [6.45, 7) is 6.01. The van der Waals surface area contributed by atoms with E-state index in [-0.39, 0.29) is 0 Å². The fraction of sp³-hybridized carbons (Fsp3) is 0.286. The molecule has 18 heavy (non-hydrogen) atoms. The Hall–Kier alpha value is -1.79. The maximum absolute atomic E-state index is 9.06. The van der Waals surface area contributed by atoms with Crippen LogP contribution in [0, 0.1) is 25.2 Å². The third kappa shape index (κ3) is 2.00. The van der Waals surface area contributed by atoms with Gasteiger partial charge in [0, 0.05) is 0 Å². The van der Waals surface area contributed by atoms with Crippen molar-refractivity contribution in [2.45, 2.75) is 27.2 Å². The van der Waals surface area contributed by atoms with Crippen molar-refractivity contribution in [3.05, 3.63) is 45.7 Å². The third-order valence-corrected chi connectivity index (χ3v) is 3.22. The molecular formula is C14H14ClN3.